The van der Waals surface area contributed by atoms with Crippen molar-refractivity contribution in [2.24, 2.45) is 0 Å². The van der Waals surface area contributed by atoms with Gasteiger partial charge in [-0.05, 0) is 24.1 Å². The number of hydrogen-bond donors (Lipinski definition) is 2. The van der Waals surface area contributed by atoms with Crippen LogP contribution in [0.1, 0.15) is 17.5 Å². The Labute approximate surface area is 113 Å². The van der Waals surface area contributed by atoms with Crippen molar-refractivity contribution in [3.05, 3.63) is 35.4 Å². The first-order chi connectivity index (χ1) is 9.28. The summed E-state index contributed by atoms with van der Waals surface area (Å²) in [6.45, 7) is 2.76. The molecule has 0 unspecified atom stereocenters. The third-order valence-electron chi connectivity index (χ3n) is 2.99. The molecule has 100 valence electrons. The summed E-state index contributed by atoms with van der Waals surface area (Å²) in [5.41, 5.74) is 2.03. The Morgan fingerprint density at radius 2 is 2.32 bits per heavy atom. The second-order valence-electron chi connectivity index (χ2n) is 4.57. The third-order valence-corrected chi connectivity index (χ3v) is 2.99. The number of aliphatic hydroxyl groups is 1. The minimum atomic E-state index is -0.128. The van der Waals surface area contributed by atoms with E-state index in [1.807, 2.05) is 24.3 Å². The van der Waals surface area contributed by atoms with E-state index in [-0.39, 0.29) is 12.5 Å². The van der Waals surface area contributed by atoms with Gasteiger partial charge in [0.1, 0.15) is 6.61 Å². The molecule has 0 atom stereocenters. The van der Waals surface area contributed by atoms with Crippen LogP contribution in [0.15, 0.2) is 24.3 Å². The molecule has 0 aromatic heterocycles. The molecule has 1 aromatic carbocycles. The van der Waals surface area contributed by atoms with Crippen molar-refractivity contribution in [1.82, 2.24) is 10.2 Å². The zero-order valence-corrected chi connectivity index (χ0v) is 10.9. The second-order valence-corrected chi connectivity index (χ2v) is 4.57. The molecule has 1 aliphatic rings. The molecule has 1 fully saturated rings. The third kappa shape index (κ3) is 4.40. The van der Waals surface area contributed by atoms with Gasteiger partial charge in [-0.3, -0.25) is 9.69 Å². The first-order valence-electron chi connectivity index (χ1n) is 6.45. The van der Waals surface area contributed by atoms with Crippen molar-refractivity contribution in [3.63, 3.8) is 0 Å². The zero-order valence-electron chi connectivity index (χ0n) is 10.9. The van der Waals surface area contributed by atoms with E-state index in [9.17, 15) is 4.79 Å². The van der Waals surface area contributed by atoms with Gasteiger partial charge < -0.3 is 10.4 Å². The maximum Gasteiger partial charge on any atom is 0.234 e. The summed E-state index contributed by atoms with van der Waals surface area (Å²) >= 11 is 0. The van der Waals surface area contributed by atoms with Crippen molar-refractivity contribution < 1.29 is 9.90 Å². The molecule has 2 N–H and O–H groups in total. The largest absolute Gasteiger partial charge is 0.384 e. The average Bonchev–Trinajstić information content (AvgIpc) is 2.61. The number of carbonyl (C=O) groups excluding carboxylic acids is 1. The highest BCUT2D eigenvalue weighted by atomic mass is 16.2. The molecular weight excluding hydrogens is 240 g/mol. The SMILES string of the molecule is O=C1CN(Cc2cccc(C#CCO)c2)CCCN1. The van der Waals surface area contributed by atoms with Gasteiger partial charge in [0.25, 0.3) is 0 Å². The summed E-state index contributed by atoms with van der Waals surface area (Å²) in [6, 6.07) is 7.91. The molecule has 1 aromatic rings. The Balaban J connectivity index is 2.03. The normalized spacial score (nSPS) is 16.2. The molecule has 19 heavy (non-hydrogen) atoms. The van der Waals surface area contributed by atoms with Crippen LogP contribution in [0.4, 0.5) is 0 Å². The van der Waals surface area contributed by atoms with Gasteiger partial charge in [-0.2, -0.15) is 0 Å². The van der Waals surface area contributed by atoms with Gasteiger partial charge in [-0.15, -0.1) is 0 Å². The molecule has 2 rings (SSSR count). The Bertz CT molecular complexity index is 502. The predicted molar refractivity (Wildman–Crippen MR) is 73.3 cm³/mol. The van der Waals surface area contributed by atoms with Crippen LogP contribution < -0.4 is 5.32 Å². The topological polar surface area (TPSA) is 52.6 Å². The van der Waals surface area contributed by atoms with Crippen molar-refractivity contribution in [2.75, 3.05) is 26.2 Å². The Kier molecular flexibility index (Phi) is 4.96. The van der Waals surface area contributed by atoms with Crippen molar-refractivity contribution in [3.8, 4) is 11.8 Å². The number of benzene rings is 1. The van der Waals surface area contributed by atoms with Gasteiger partial charge in [-0.1, -0.05) is 24.0 Å². The lowest BCUT2D eigenvalue weighted by molar-refractivity contribution is -0.121. The molecular formula is C15H18N2O2. The van der Waals surface area contributed by atoms with E-state index in [1.165, 1.54) is 0 Å². The number of aliphatic hydroxyl groups excluding tert-OH is 1. The molecule has 1 amide bonds. The van der Waals surface area contributed by atoms with Crippen LogP contribution in [0, 0.1) is 11.8 Å². The number of nitrogens with one attached hydrogen (secondary N) is 1. The Morgan fingerprint density at radius 3 is 3.16 bits per heavy atom. The summed E-state index contributed by atoms with van der Waals surface area (Å²) in [5, 5.41) is 11.6. The monoisotopic (exact) mass is 258 g/mol. The lowest BCUT2D eigenvalue weighted by Gasteiger charge is -2.18. The van der Waals surface area contributed by atoms with Gasteiger partial charge >= 0.3 is 0 Å². The van der Waals surface area contributed by atoms with E-state index in [1.54, 1.807) is 0 Å². The predicted octanol–water partition coefficient (Wildman–Crippen LogP) is 0.352. The standard InChI is InChI=1S/C15H18N2O2/c18-9-2-6-13-4-1-5-14(10-13)11-17-8-3-7-16-15(19)12-17/h1,4-5,10,18H,3,7-9,11-12H2,(H,16,19). The van der Waals surface area contributed by atoms with Gasteiger partial charge in [0, 0.05) is 25.2 Å². The number of rotatable bonds is 2. The van der Waals surface area contributed by atoms with Crippen LogP contribution in [0.25, 0.3) is 0 Å². The fraction of sp³-hybridized carbons (Fsp3) is 0.400. The van der Waals surface area contributed by atoms with Crippen molar-refractivity contribution >= 4 is 5.91 Å². The summed E-state index contributed by atoms with van der Waals surface area (Å²) in [5.74, 6) is 5.63. The van der Waals surface area contributed by atoms with E-state index in [2.05, 4.69) is 22.1 Å². The van der Waals surface area contributed by atoms with Gasteiger partial charge in [-0.25, -0.2) is 0 Å². The van der Waals surface area contributed by atoms with Crippen molar-refractivity contribution in [2.45, 2.75) is 13.0 Å². The quantitative estimate of drug-likeness (QED) is 0.753. The molecule has 1 heterocycles. The highest BCUT2D eigenvalue weighted by Crippen LogP contribution is 2.09. The lowest BCUT2D eigenvalue weighted by Crippen LogP contribution is -2.32. The fourth-order valence-corrected chi connectivity index (χ4v) is 2.15. The molecule has 4 nitrogen and oxygen atoms in total. The first kappa shape index (κ1) is 13.6. The summed E-state index contributed by atoms with van der Waals surface area (Å²) < 4.78 is 0. The average molecular weight is 258 g/mol. The summed E-state index contributed by atoms with van der Waals surface area (Å²) in [6.07, 6.45) is 0.982. The van der Waals surface area contributed by atoms with E-state index >= 15 is 0 Å². The van der Waals surface area contributed by atoms with Crippen LogP contribution in [0.2, 0.25) is 0 Å². The van der Waals surface area contributed by atoms with Gasteiger partial charge in [0.05, 0.1) is 6.54 Å². The number of nitrogens with zero attached hydrogens (tertiary/aromatic N) is 1. The molecule has 0 radical (unpaired) electrons. The number of amides is 1. The number of hydrogen-bond acceptors (Lipinski definition) is 3. The Hall–Kier alpha value is -1.83. The number of carbonyl (C=O) groups is 1. The van der Waals surface area contributed by atoms with E-state index < -0.39 is 0 Å². The van der Waals surface area contributed by atoms with E-state index in [0.29, 0.717) is 6.54 Å². The highest BCUT2D eigenvalue weighted by Gasteiger charge is 2.14. The molecule has 0 bridgehead atoms. The Morgan fingerprint density at radius 1 is 1.42 bits per heavy atom. The van der Waals surface area contributed by atoms with Crippen LogP contribution in [0.3, 0.4) is 0 Å². The second kappa shape index (κ2) is 6.93. The maximum atomic E-state index is 11.5. The minimum absolute atomic E-state index is 0.0914. The van der Waals surface area contributed by atoms with Crippen LogP contribution in [0.5, 0.6) is 0 Å². The van der Waals surface area contributed by atoms with Crippen LogP contribution in [-0.4, -0.2) is 42.2 Å². The van der Waals surface area contributed by atoms with E-state index in [4.69, 9.17) is 5.11 Å². The minimum Gasteiger partial charge on any atom is -0.384 e. The fourth-order valence-electron chi connectivity index (χ4n) is 2.15. The molecule has 1 saturated heterocycles. The maximum absolute atomic E-state index is 11.5. The smallest absolute Gasteiger partial charge is 0.234 e. The lowest BCUT2D eigenvalue weighted by atomic mass is 10.1. The molecule has 0 aliphatic carbocycles. The summed E-state index contributed by atoms with van der Waals surface area (Å²) in [4.78, 5) is 13.6. The van der Waals surface area contributed by atoms with E-state index in [0.717, 1.165) is 37.2 Å². The zero-order chi connectivity index (χ0) is 13.5. The molecule has 4 heteroatoms. The van der Waals surface area contributed by atoms with Crippen molar-refractivity contribution in [1.29, 1.82) is 0 Å². The molecule has 1 aliphatic heterocycles. The first-order valence-corrected chi connectivity index (χ1v) is 6.45. The van der Waals surface area contributed by atoms with Crippen LogP contribution >= 0.6 is 0 Å². The molecule has 0 saturated carbocycles. The highest BCUT2D eigenvalue weighted by molar-refractivity contribution is 5.78. The van der Waals surface area contributed by atoms with Gasteiger partial charge in [0.2, 0.25) is 5.91 Å². The molecule has 0 spiro atoms. The summed E-state index contributed by atoms with van der Waals surface area (Å²) in [7, 11) is 0. The van der Waals surface area contributed by atoms with Gasteiger partial charge in [0.15, 0.2) is 0 Å². The van der Waals surface area contributed by atoms with Crippen LogP contribution in [-0.2, 0) is 11.3 Å².